The van der Waals surface area contributed by atoms with Crippen LogP contribution in [0, 0.1) is 0 Å². The summed E-state index contributed by atoms with van der Waals surface area (Å²) in [6.07, 6.45) is 17.6. The molecule has 1 fully saturated rings. The molecule has 0 amide bonds. The van der Waals surface area contributed by atoms with E-state index >= 15 is 0 Å². The van der Waals surface area contributed by atoms with E-state index in [0.29, 0.717) is 0 Å². The van der Waals surface area contributed by atoms with Crippen molar-refractivity contribution in [2.45, 2.75) is 181 Å². The van der Waals surface area contributed by atoms with Gasteiger partial charge in [-0.2, -0.15) is 0 Å². The lowest BCUT2D eigenvalue weighted by Gasteiger charge is -2.55. The average molecular weight is 592 g/mol. The van der Waals surface area contributed by atoms with Gasteiger partial charge in [0.25, 0.3) is 0 Å². The van der Waals surface area contributed by atoms with Crippen LogP contribution in [0.4, 0.5) is 0 Å². The Labute approximate surface area is 253 Å². The molecule has 1 aromatic rings. The first-order chi connectivity index (χ1) is 18.7. The van der Waals surface area contributed by atoms with Crippen molar-refractivity contribution in [3.63, 3.8) is 0 Å². The maximum Gasteiger partial charge on any atom is 0.331 e. The first-order valence-corrected chi connectivity index (χ1v) is 18.0. The Hall–Kier alpha value is -0.135. The molecule has 2 atom stereocenters. The van der Waals surface area contributed by atoms with Crippen molar-refractivity contribution in [1.29, 1.82) is 0 Å². The van der Waals surface area contributed by atoms with Crippen molar-refractivity contribution in [3.05, 3.63) is 23.3 Å². The molecule has 1 aliphatic heterocycles. The maximum atomic E-state index is 6.77. The largest absolute Gasteiger partial charge is 0.446 e. The summed E-state index contributed by atoms with van der Waals surface area (Å²) in [5.41, 5.74) is 3.39. The summed E-state index contributed by atoms with van der Waals surface area (Å²) in [6, 6.07) is 4.70. The van der Waals surface area contributed by atoms with Gasteiger partial charge in [-0.25, -0.2) is 0 Å². The lowest BCUT2D eigenvalue weighted by molar-refractivity contribution is 0.00599. The standard InChI is InChI=1S/C34H62BO3P2/c1-11-13-15-17-19-21-23-27-26-30(36-40-34(9,10)32(5,6)38-40)28(24-22-20-18-16-14-12-2)25-29(27)35-37-31(3,4)33(7,8)39/h25-26H,11-24,39H2,1-10H3. The third kappa shape index (κ3) is 10.2. The van der Waals surface area contributed by atoms with Crippen LogP contribution < -0.4 is 9.99 Å². The van der Waals surface area contributed by atoms with Crippen LogP contribution >= 0.6 is 17.6 Å². The Morgan fingerprint density at radius 1 is 0.775 bits per heavy atom. The second-order valence-electron chi connectivity index (χ2n) is 14.2. The molecule has 0 saturated carbocycles. The minimum absolute atomic E-state index is 0.0154. The Kier molecular flexibility index (Phi) is 14.5. The molecule has 3 nitrogen and oxygen atoms in total. The van der Waals surface area contributed by atoms with Crippen molar-refractivity contribution < 1.29 is 13.7 Å². The van der Waals surface area contributed by atoms with Gasteiger partial charge in [0.1, 0.15) is 5.75 Å². The fraction of sp³-hybridized carbons (Fsp3) is 0.824. The summed E-state index contributed by atoms with van der Waals surface area (Å²) in [4.78, 5) is 0. The van der Waals surface area contributed by atoms with E-state index in [-0.39, 0.29) is 21.5 Å². The lowest BCUT2D eigenvalue weighted by atomic mass is 9.78. The molecule has 1 heterocycles. The van der Waals surface area contributed by atoms with Gasteiger partial charge in [0.2, 0.25) is 8.38 Å². The van der Waals surface area contributed by atoms with E-state index in [1.807, 2.05) is 7.48 Å². The molecule has 2 rings (SSSR count). The van der Waals surface area contributed by atoms with E-state index in [0.717, 1.165) is 18.6 Å². The highest BCUT2D eigenvalue weighted by atomic mass is 31.2. The monoisotopic (exact) mass is 591 g/mol. The van der Waals surface area contributed by atoms with Crippen LogP contribution in [0.3, 0.4) is 0 Å². The average Bonchev–Trinajstić information content (AvgIpc) is 2.87. The molecule has 0 aromatic heterocycles. The van der Waals surface area contributed by atoms with E-state index in [1.54, 1.807) is 0 Å². The molecule has 229 valence electrons. The molecule has 6 heteroatoms. The maximum absolute atomic E-state index is 6.77. The predicted molar refractivity (Wildman–Crippen MR) is 182 cm³/mol. The first-order valence-electron chi connectivity index (χ1n) is 16.3. The molecular formula is C34H62BO3P2. The Bertz CT molecular complexity index is 892. The number of aryl methyl sites for hydroxylation is 2. The van der Waals surface area contributed by atoms with Crippen LogP contribution in [-0.4, -0.2) is 29.0 Å². The third-order valence-electron chi connectivity index (χ3n) is 9.38. The second kappa shape index (κ2) is 16.1. The quantitative estimate of drug-likeness (QED) is 0.0858. The van der Waals surface area contributed by atoms with Gasteiger partial charge in [-0.1, -0.05) is 98.0 Å². The fourth-order valence-electron chi connectivity index (χ4n) is 4.68. The van der Waals surface area contributed by atoms with Crippen molar-refractivity contribution in [1.82, 2.24) is 0 Å². The highest BCUT2D eigenvalue weighted by Gasteiger charge is 2.59. The van der Waals surface area contributed by atoms with Crippen LogP contribution in [-0.2, 0) is 22.0 Å². The smallest absolute Gasteiger partial charge is 0.331 e. The third-order valence-corrected chi connectivity index (χ3v) is 12.5. The molecule has 0 aliphatic carbocycles. The van der Waals surface area contributed by atoms with Gasteiger partial charge in [0.05, 0.1) is 16.4 Å². The highest BCUT2D eigenvalue weighted by molar-refractivity contribution is 7.51. The minimum atomic E-state index is -0.979. The van der Waals surface area contributed by atoms with Gasteiger partial charge in [-0.15, -0.1) is 9.24 Å². The normalized spacial score (nSPS) is 18.4. The molecule has 2 unspecified atom stereocenters. The van der Waals surface area contributed by atoms with Gasteiger partial charge in [0, 0.05) is 5.16 Å². The predicted octanol–water partition coefficient (Wildman–Crippen LogP) is 10.5. The summed E-state index contributed by atoms with van der Waals surface area (Å²) in [6.45, 7) is 22.3. The molecule has 0 N–H and O–H groups in total. The number of unbranched alkanes of at least 4 members (excludes halogenated alkanes) is 10. The molecule has 1 aromatic carbocycles. The van der Waals surface area contributed by atoms with Crippen molar-refractivity contribution in [2.75, 3.05) is 0 Å². The van der Waals surface area contributed by atoms with Gasteiger partial charge in [-0.3, -0.25) is 0 Å². The number of hydrogen-bond acceptors (Lipinski definition) is 3. The molecule has 1 aliphatic rings. The van der Waals surface area contributed by atoms with Crippen molar-refractivity contribution in [3.8, 4) is 5.75 Å². The fourth-order valence-corrected chi connectivity index (χ4v) is 6.59. The molecular weight excluding hydrogens is 529 g/mol. The van der Waals surface area contributed by atoms with Crippen molar-refractivity contribution in [2.24, 2.45) is 0 Å². The van der Waals surface area contributed by atoms with Gasteiger partial charge >= 0.3 is 7.48 Å². The van der Waals surface area contributed by atoms with Gasteiger partial charge in [-0.05, 0) is 89.9 Å². The van der Waals surface area contributed by atoms with E-state index in [9.17, 15) is 0 Å². The Balaban J connectivity index is 2.31. The van der Waals surface area contributed by atoms with Gasteiger partial charge < -0.3 is 13.7 Å². The zero-order valence-electron chi connectivity index (χ0n) is 27.9. The molecule has 0 bridgehead atoms. The SMILES string of the molecule is CCCCCCCCc1cc(OP2OC(C)(C)C2(C)C)c(CCCCCCCC)cc1[B]OC(C)(C)C(C)(C)P. The second-order valence-corrected chi connectivity index (χ2v) is 17.6. The van der Waals surface area contributed by atoms with Gasteiger partial charge in [0.15, 0.2) is 0 Å². The van der Waals surface area contributed by atoms with Crippen LogP contribution in [0.15, 0.2) is 12.1 Å². The summed E-state index contributed by atoms with van der Waals surface area (Å²) in [7, 11) is 4.01. The summed E-state index contributed by atoms with van der Waals surface area (Å²) in [5.74, 6) is 1.03. The highest BCUT2D eigenvalue weighted by Crippen LogP contribution is 2.69. The van der Waals surface area contributed by atoms with Crippen LogP contribution in [0.25, 0.3) is 0 Å². The molecule has 1 saturated heterocycles. The summed E-state index contributed by atoms with van der Waals surface area (Å²) in [5, 5.41) is -0.0304. The molecule has 0 spiro atoms. The van der Waals surface area contributed by atoms with E-state index in [2.05, 4.69) is 90.6 Å². The molecule has 1 radical (unpaired) electrons. The summed E-state index contributed by atoms with van der Waals surface area (Å²) >= 11 is 0. The minimum Gasteiger partial charge on any atom is -0.446 e. The first kappa shape index (κ1) is 36.1. The van der Waals surface area contributed by atoms with Crippen molar-refractivity contribution >= 4 is 30.6 Å². The Morgan fingerprint density at radius 2 is 1.27 bits per heavy atom. The summed E-state index contributed by atoms with van der Waals surface area (Å²) < 4.78 is 19.6. The zero-order chi connectivity index (χ0) is 30.0. The number of benzene rings is 1. The topological polar surface area (TPSA) is 27.7 Å². The number of rotatable bonds is 20. The van der Waals surface area contributed by atoms with E-state index in [4.69, 9.17) is 13.7 Å². The van der Waals surface area contributed by atoms with Crippen LogP contribution in [0.2, 0.25) is 0 Å². The van der Waals surface area contributed by atoms with E-state index < -0.39 is 8.38 Å². The Morgan fingerprint density at radius 3 is 1.75 bits per heavy atom. The van der Waals surface area contributed by atoms with Crippen LogP contribution in [0.1, 0.15) is 157 Å². The molecule has 40 heavy (non-hydrogen) atoms. The zero-order valence-corrected chi connectivity index (χ0v) is 29.9. The van der Waals surface area contributed by atoms with E-state index in [1.165, 1.54) is 93.6 Å². The van der Waals surface area contributed by atoms with Crippen LogP contribution in [0.5, 0.6) is 5.75 Å². The lowest BCUT2D eigenvalue weighted by Crippen LogP contribution is -2.55. The number of hydrogen-bond donors (Lipinski definition) is 0.